The minimum Gasteiger partial charge on any atom is -0.465 e. The lowest BCUT2D eigenvalue weighted by Crippen LogP contribution is -2.45. The van der Waals surface area contributed by atoms with Crippen molar-refractivity contribution in [3.63, 3.8) is 0 Å². The van der Waals surface area contributed by atoms with Gasteiger partial charge in [-0.2, -0.15) is 0 Å². The summed E-state index contributed by atoms with van der Waals surface area (Å²) in [6.45, 7) is 10.0. The van der Waals surface area contributed by atoms with Crippen LogP contribution >= 0.6 is 0 Å². The fourth-order valence-corrected chi connectivity index (χ4v) is 1.76. The van der Waals surface area contributed by atoms with Crippen molar-refractivity contribution in [3.05, 3.63) is 0 Å². The molecule has 0 heterocycles. The van der Waals surface area contributed by atoms with Crippen LogP contribution in [0.15, 0.2) is 0 Å². The molecule has 0 aromatic carbocycles. The molecular formula is C15H29NO4. The summed E-state index contributed by atoms with van der Waals surface area (Å²) in [5.74, 6) is 0.0387. The number of carbonyl (C=O) groups is 2. The zero-order chi connectivity index (χ0) is 15.7. The summed E-state index contributed by atoms with van der Waals surface area (Å²) < 4.78 is 5.05. The van der Waals surface area contributed by atoms with E-state index in [9.17, 15) is 14.7 Å². The highest BCUT2D eigenvalue weighted by Gasteiger charge is 2.24. The molecule has 2 atom stereocenters. The number of carbonyl (C=O) groups excluding carboxylic acids is 2. The van der Waals surface area contributed by atoms with Crippen molar-refractivity contribution in [2.24, 2.45) is 11.8 Å². The van der Waals surface area contributed by atoms with Crippen LogP contribution in [-0.4, -0.2) is 35.7 Å². The Morgan fingerprint density at radius 2 is 1.75 bits per heavy atom. The molecule has 0 radical (unpaired) electrons. The number of hydrogen-bond donors (Lipinski definition) is 2. The van der Waals surface area contributed by atoms with E-state index < -0.39 is 18.1 Å². The Kier molecular flexibility index (Phi) is 9.21. The van der Waals surface area contributed by atoms with E-state index in [2.05, 4.69) is 5.32 Å². The second kappa shape index (κ2) is 9.75. The number of aliphatic hydroxyl groups excluding tert-OH is 1. The summed E-state index contributed by atoms with van der Waals surface area (Å²) in [4.78, 5) is 23.1. The van der Waals surface area contributed by atoms with Crippen LogP contribution in [0, 0.1) is 11.8 Å². The van der Waals surface area contributed by atoms with Gasteiger partial charge in [0.25, 0.3) is 0 Å². The maximum Gasteiger partial charge on any atom is 0.308 e. The first-order valence-corrected chi connectivity index (χ1v) is 7.39. The summed E-state index contributed by atoms with van der Waals surface area (Å²) in [6.07, 6.45) is -0.00929. The van der Waals surface area contributed by atoms with Gasteiger partial charge in [0, 0.05) is 6.42 Å². The van der Waals surface area contributed by atoms with Gasteiger partial charge < -0.3 is 15.2 Å². The molecule has 0 saturated carbocycles. The first kappa shape index (κ1) is 18.9. The second-order valence-corrected chi connectivity index (χ2v) is 6.01. The van der Waals surface area contributed by atoms with Crippen molar-refractivity contribution in [2.45, 2.75) is 66.0 Å². The molecule has 0 bridgehead atoms. The molecule has 0 aliphatic heterocycles. The van der Waals surface area contributed by atoms with Crippen LogP contribution in [-0.2, 0) is 14.3 Å². The van der Waals surface area contributed by atoms with Gasteiger partial charge in [0.15, 0.2) is 0 Å². The van der Waals surface area contributed by atoms with E-state index >= 15 is 0 Å². The predicted molar refractivity (Wildman–Crippen MR) is 78.1 cm³/mol. The van der Waals surface area contributed by atoms with E-state index in [0.29, 0.717) is 25.4 Å². The van der Waals surface area contributed by atoms with Gasteiger partial charge in [-0.3, -0.25) is 9.59 Å². The molecule has 1 amide bonds. The fraction of sp³-hybridized carbons (Fsp3) is 0.867. The molecule has 0 aromatic rings. The molecule has 2 N–H and O–H groups in total. The van der Waals surface area contributed by atoms with Crippen molar-refractivity contribution in [2.75, 3.05) is 6.61 Å². The van der Waals surface area contributed by atoms with Crippen LogP contribution < -0.4 is 5.32 Å². The maximum atomic E-state index is 11.6. The van der Waals surface area contributed by atoms with Gasteiger partial charge in [-0.15, -0.1) is 0 Å². The van der Waals surface area contributed by atoms with Gasteiger partial charge in [0.1, 0.15) is 0 Å². The van der Waals surface area contributed by atoms with E-state index in [1.165, 1.54) is 0 Å². The molecule has 0 rings (SSSR count). The number of aliphatic hydroxyl groups is 1. The summed E-state index contributed by atoms with van der Waals surface area (Å²) in [5, 5.41) is 12.9. The Bertz CT molecular complexity index is 302. The van der Waals surface area contributed by atoms with Crippen molar-refractivity contribution in [3.8, 4) is 0 Å². The Labute approximate surface area is 122 Å². The highest BCUT2D eigenvalue weighted by molar-refractivity contribution is 5.76. The zero-order valence-corrected chi connectivity index (χ0v) is 13.3. The minimum absolute atomic E-state index is 0.0892. The number of ether oxygens (including phenoxy) is 1. The van der Waals surface area contributed by atoms with Gasteiger partial charge in [-0.25, -0.2) is 0 Å². The van der Waals surface area contributed by atoms with E-state index in [1.807, 2.05) is 27.7 Å². The first-order chi connectivity index (χ1) is 9.26. The molecule has 5 nitrogen and oxygen atoms in total. The van der Waals surface area contributed by atoms with Crippen LogP contribution in [0.25, 0.3) is 0 Å². The smallest absolute Gasteiger partial charge is 0.308 e. The molecule has 0 saturated heterocycles. The molecule has 20 heavy (non-hydrogen) atoms. The van der Waals surface area contributed by atoms with Crippen LogP contribution in [0.1, 0.15) is 53.9 Å². The third kappa shape index (κ3) is 8.91. The third-order valence-electron chi connectivity index (χ3n) is 2.81. The van der Waals surface area contributed by atoms with E-state index in [0.717, 1.165) is 0 Å². The van der Waals surface area contributed by atoms with E-state index in [1.54, 1.807) is 6.92 Å². The van der Waals surface area contributed by atoms with Crippen molar-refractivity contribution < 1.29 is 19.4 Å². The SMILES string of the molecule is CCC(=O)N[C@@H](CC(C)C)[C@@H](O)CC(=O)OCC(C)C. The van der Waals surface area contributed by atoms with Gasteiger partial charge in [0.05, 0.1) is 25.2 Å². The lowest BCUT2D eigenvalue weighted by molar-refractivity contribution is -0.147. The highest BCUT2D eigenvalue weighted by Crippen LogP contribution is 2.12. The zero-order valence-electron chi connectivity index (χ0n) is 13.3. The molecule has 0 aliphatic rings. The topological polar surface area (TPSA) is 75.6 Å². The summed E-state index contributed by atoms with van der Waals surface area (Å²) in [7, 11) is 0. The molecular weight excluding hydrogens is 258 g/mol. The first-order valence-electron chi connectivity index (χ1n) is 7.39. The maximum absolute atomic E-state index is 11.6. The van der Waals surface area contributed by atoms with Gasteiger partial charge in [0.2, 0.25) is 5.91 Å². The standard InChI is InChI=1S/C15H29NO4/c1-6-14(18)16-12(7-10(2)3)13(17)8-15(19)20-9-11(4)5/h10-13,17H,6-9H2,1-5H3,(H,16,18)/t12-,13-/m0/s1. The van der Waals surface area contributed by atoms with Crippen LogP contribution in [0.4, 0.5) is 0 Å². The predicted octanol–water partition coefficient (Wildman–Crippen LogP) is 1.88. The monoisotopic (exact) mass is 287 g/mol. The van der Waals surface area contributed by atoms with E-state index in [-0.39, 0.29) is 18.2 Å². The Morgan fingerprint density at radius 3 is 2.20 bits per heavy atom. The van der Waals surface area contributed by atoms with Crippen LogP contribution in [0.2, 0.25) is 0 Å². The molecule has 0 spiro atoms. The van der Waals surface area contributed by atoms with Gasteiger partial charge >= 0.3 is 5.97 Å². The Balaban J connectivity index is 4.41. The summed E-state index contributed by atoms with van der Waals surface area (Å²) >= 11 is 0. The largest absolute Gasteiger partial charge is 0.465 e. The van der Waals surface area contributed by atoms with Crippen molar-refractivity contribution >= 4 is 11.9 Å². The Morgan fingerprint density at radius 1 is 1.15 bits per heavy atom. The summed E-state index contributed by atoms with van der Waals surface area (Å²) in [6, 6.07) is -0.408. The second-order valence-electron chi connectivity index (χ2n) is 6.01. The quantitative estimate of drug-likeness (QED) is 0.635. The molecule has 0 aromatic heterocycles. The van der Waals surface area contributed by atoms with E-state index in [4.69, 9.17) is 4.74 Å². The normalized spacial score (nSPS) is 14.2. The van der Waals surface area contributed by atoms with Crippen molar-refractivity contribution in [1.82, 2.24) is 5.32 Å². The third-order valence-corrected chi connectivity index (χ3v) is 2.81. The molecule has 0 aliphatic carbocycles. The number of nitrogens with one attached hydrogen (secondary N) is 1. The lowest BCUT2D eigenvalue weighted by atomic mass is 9.97. The van der Waals surface area contributed by atoms with Gasteiger partial charge in [-0.05, 0) is 18.3 Å². The lowest BCUT2D eigenvalue weighted by Gasteiger charge is -2.25. The Hall–Kier alpha value is -1.10. The van der Waals surface area contributed by atoms with Crippen LogP contribution in [0.5, 0.6) is 0 Å². The average Bonchev–Trinajstić information content (AvgIpc) is 2.34. The molecule has 118 valence electrons. The highest BCUT2D eigenvalue weighted by atomic mass is 16.5. The summed E-state index contributed by atoms with van der Waals surface area (Å²) in [5.41, 5.74) is 0. The number of esters is 1. The molecule has 0 unspecified atom stereocenters. The van der Waals surface area contributed by atoms with Crippen molar-refractivity contribution in [1.29, 1.82) is 0 Å². The molecule has 0 fully saturated rings. The average molecular weight is 287 g/mol. The molecule has 5 heteroatoms. The van der Waals surface area contributed by atoms with Crippen LogP contribution in [0.3, 0.4) is 0 Å². The number of rotatable bonds is 9. The van der Waals surface area contributed by atoms with Gasteiger partial charge in [-0.1, -0.05) is 34.6 Å². The number of amides is 1. The minimum atomic E-state index is -0.910. The number of hydrogen-bond acceptors (Lipinski definition) is 4. The fourth-order valence-electron chi connectivity index (χ4n) is 1.76.